The summed E-state index contributed by atoms with van der Waals surface area (Å²) in [4.78, 5) is 14.0. The van der Waals surface area contributed by atoms with Crippen LogP contribution in [-0.4, -0.2) is 23.4 Å². The van der Waals surface area contributed by atoms with Crippen LogP contribution >= 0.6 is 0 Å². The first-order chi connectivity index (χ1) is 11.9. The first-order valence-corrected chi connectivity index (χ1v) is 8.39. The van der Waals surface area contributed by atoms with Crippen LogP contribution in [0.5, 0.6) is 11.5 Å². The zero-order valence-corrected chi connectivity index (χ0v) is 14.7. The van der Waals surface area contributed by atoms with Crippen molar-refractivity contribution < 1.29 is 19.0 Å². The zero-order valence-electron chi connectivity index (χ0n) is 14.7. The molecule has 25 heavy (non-hydrogen) atoms. The SMILES string of the molecule is CC(C)(C)OC(=O)N1Cc2ccc(-c3ccc4c(c3)OCO4)cc2C1. The number of amides is 1. The molecule has 0 saturated carbocycles. The van der Waals surface area contributed by atoms with Gasteiger partial charge in [0.25, 0.3) is 0 Å². The highest BCUT2D eigenvalue weighted by molar-refractivity contribution is 5.72. The first-order valence-electron chi connectivity index (χ1n) is 8.39. The van der Waals surface area contributed by atoms with E-state index in [0.29, 0.717) is 13.1 Å². The van der Waals surface area contributed by atoms with E-state index in [4.69, 9.17) is 14.2 Å². The summed E-state index contributed by atoms with van der Waals surface area (Å²) in [6.45, 7) is 7.08. The van der Waals surface area contributed by atoms with Crippen LogP contribution in [-0.2, 0) is 17.8 Å². The number of nitrogens with zero attached hydrogens (tertiary/aromatic N) is 1. The topological polar surface area (TPSA) is 48.0 Å². The minimum absolute atomic E-state index is 0.270. The van der Waals surface area contributed by atoms with Crippen LogP contribution in [0.3, 0.4) is 0 Å². The highest BCUT2D eigenvalue weighted by Crippen LogP contribution is 2.37. The van der Waals surface area contributed by atoms with Gasteiger partial charge in [0.15, 0.2) is 11.5 Å². The van der Waals surface area contributed by atoms with Crippen molar-refractivity contribution >= 4 is 6.09 Å². The van der Waals surface area contributed by atoms with Crippen molar-refractivity contribution in [3.63, 3.8) is 0 Å². The number of carbonyl (C=O) groups excluding carboxylic acids is 1. The van der Waals surface area contributed by atoms with Gasteiger partial charge in [-0.2, -0.15) is 0 Å². The van der Waals surface area contributed by atoms with Crippen LogP contribution in [0.1, 0.15) is 31.9 Å². The zero-order chi connectivity index (χ0) is 17.6. The minimum Gasteiger partial charge on any atom is -0.454 e. The van der Waals surface area contributed by atoms with Gasteiger partial charge in [-0.1, -0.05) is 18.2 Å². The molecule has 0 N–H and O–H groups in total. The van der Waals surface area contributed by atoms with Crippen LogP contribution in [0.15, 0.2) is 36.4 Å². The molecule has 130 valence electrons. The Kier molecular flexibility index (Phi) is 3.60. The quantitative estimate of drug-likeness (QED) is 0.776. The van der Waals surface area contributed by atoms with Crippen molar-refractivity contribution in [1.82, 2.24) is 4.90 Å². The smallest absolute Gasteiger partial charge is 0.410 e. The number of hydrogen-bond acceptors (Lipinski definition) is 4. The number of carbonyl (C=O) groups is 1. The molecule has 0 saturated heterocycles. The van der Waals surface area contributed by atoms with Gasteiger partial charge in [-0.25, -0.2) is 4.79 Å². The molecule has 2 aromatic rings. The van der Waals surface area contributed by atoms with E-state index in [1.807, 2.05) is 39.0 Å². The molecule has 0 unspecified atom stereocenters. The summed E-state index contributed by atoms with van der Waals surface area (Å²) in [6, 6.07) is 12.2. The molecule has 5 heteroatoms. The molecule has 0 aliphatic carbocycles. The second kappa shape index (κ2) is 5.69. The van der Waals surface area contributed by atoms with E-state index in [2.05, 4.69) is 18.2 Å². The van der Waals surface area contributed by atoms with Crippen LogP contribution in [0.2, 0.25) is 0 Å². The Labute approximate surface area is 147 Å². The Morgan fingerprint density at radius 2 is 1.64 bits per heavy atom. The fraction of sp³-hybridized carbons (Fsp3) is 0.350. The predicted octanol–water partition coefficient (Wildman–Crippen LogP) is 4.33. The van der Waals surface area contributed by atoms with Gasteiger partial charge in [0.1, 0.15) is 5.60 Å². The lowest BCUT2D eigenvalue weighted by Crippen LogP contribution is -2.33. The predicted molar refractivity (Wildman–Crippen MR) is 93.5 cm³/mol. The summed E-state index contributed by atoms with van der Waals surface area (Å²) >= 11 is 0. The lowest BCUT2D eigenvalue weighted by Gasteiger charge is -2.24. The maximum atomic E-state index is 12.3. The van der Waals surface area contributed by atoms with Gasteiger partial charge in [0, 0.05) is 13.1 Å². The van der Waals surface area contributed by atoms with Gasteiger partial charge in [0.05, 0.1) is 0 Å². The Bertz CT molecular complexity index is 838. The molecule has 0 bridgehead atoms. The summed E-state index contributed by atoms with van der Waals surface area (Å²) in [5, 5.41) is 0. The molecular formula is C20H21NO4. The fourth-order valence-electron chi connectivity index (χ4n) is 3.11. The van der Waals surface area contributed by atoms with Crippen molar-refractivity contribution in [2.45, 2.75) is 39.5 Å². The van der Waals surface area contributed by atoms with E-state index >= 15 is 0 Å². The normalized spacial score (nSPS) is 15.2. The first kappa shape index (κ1) is 15.8. The summed E-state index contributed by atoms with van der Waals surface area (Å²) in [5.74, 6) is 1.55. The Balaban J connectivity index is 1.55. The van der Waals surface area contributed by atoms with Gasteiger partial charge >= 0.3 is 6.09 Å². The van der Waals surface area contributed by atoms with Gasteiger partial charge in [0.2, 0.25) is 6.79 Å². The average Bonchev–Trinajstić information content (AvgIpc) is 3.18. The molecular weight excluding hydrogens is 318 g/mol. The molecule has 2 aliphatic rings. The maximum absolute atomic E-state index is 12.3. The van der Waals surface area contributed by atoms with E-state index in [9.17, 15) is 4.79 Å². The second-order valence-corrected chi connectivity index (χ2v) is 7.39. The Hall–Kier alpha value is -2.69. The monoisotopic (exact) mass is 339 g/mol. The standard InChI is InChI=1S/C20H21NO4/c1-20(2,3)25-19(22)21-10-15-5-4-13(8-16(15)11-21)14-6-7-17-18(9-14)24-12-23-17/h4-9H,10-12H2,1-3H3. The fourth-order valence-corrected chi connectivity index (χ4v) is 3.11. The van der Waals surface area contributed by atoms with E-state index in [-0.39, 0.29) is 12.9 Å². The van der Waals surface area contributed by atoms with E-state index in [0.717, 1.165) is 33.8 Å². The number of fused-ring (bicyclic) bond motifs is 2. The van der Waals surface area contributed by atoms with E-state index < -0.39 is 5.60 Å². The van der Waals surface area contributed by atoms with Gasteiger partial charge in [-0.3, -0.25) is 4.90 Å². The van der Waals surface area contributed by atoms with Crippen molar-refractivity contribution in [3.8, 4) is 22.6 Å². The number of hydrogen-bond donors (Lipinski definition) is 0. The van der Waals surface area contributed by atoms with E-state index in [1.165, 1.54) is 0 Å². The highest BCUT2D eigenvalue weighted by Gasteiger charge is 2.28. The maximum Gasteiger partial charge on any atom is 0.410 e. The van der Waals surface area contributed by atoms with Gasteiger partial charge < -0.3 is 14.2 Å². The summed E-state index contributed by atoms with van der Waals surface area (Å²) < 4.78 is 16.3. The minimum atomic E-state index is -0.483. The molecule has 5 nitrogen and oxygen atoms in total. The van der Waals surface area contributed by atoms with Crippen molar-refractivity contribution in [2.75, 3.05) is 6.79 Å². The Morgan fingerprint density at radius 3 is 2.44 bits per heavy atom. The summed E-state index contributed by atoms with van der Waals surface area (Å²) in [6.07, 6.45) is -0.270. The molecule has 1 amide bonds. The molecule has 0 radical (unpaired) electrons. The molecule has 0 spiro atoms. The van der Waals surface area contributed by atoms with Crippen LogP contribution in [0.25, 0.3) is 11.1 Å². The molecule has 2 heterocycles. The van der Waals surface area contributed by atoms with Gasteiger partial charge in [-0.15, -0.1) is 0 Å². The Morgan fingerprint density at radius 1 is 0.960 bits per heavy atom. The number of ether oxygens (including phenoxy) is 3. The third kappa shape index (κ3) is 3.14. The molecule has 2 aliphatic heterocycles. The molecule has 0 fully saturated rings. The van der Waals surface area contributed by atoms with Crippen molar-refractivity contribution in [2.24, 2.45) is 0 Å². The third-order valence-corrected chi connectivity index (χ3v) is 4.29. The second-order valence-electron chi connectivity index (χ2n) is 7.39. The lowest BCUT2D eigenvalue weighted by atomic mass is 10.0. The van der Waals surface area contributed by atoms with Crippen LogP contribution in [0, 0.1) is 0 Å². The van der Waals surface area contributed by atoms with Crippen molar-refractivity contribution in [3.05, 3.63) is 47.5 Å². The van der Waals surface area contributed by atoms with Gasteiger partial charge in [-0.05, 0) is 61.2 Å². The molecule has 0 aromatic heterocycles. The largest absolute Gasteiger partial charge is 0.454 e. The van der Waals surface area contributed by atoms with Crippen LogP contribution in [0.4, 0.5) is 4.79 Å². The lowest BCUT2D eigenvalue weighted by molar-refractivity contribution is 0.0242. The van der Waals surface area contributed by atoms with Crippen molar-refractivity contribution in [1.29, 1.82) is 0 Å². The van der Waals surface area contributed by atoms with Crippen LogP contribution < -0.4 is 9.47 Å². The molecule has 0 atom stereocenters. The number of rotatable bonds is 1. The third-order valence-electron chi connectivity index (χ3n) is 4.29. The summed E-state index contributed by atoms with van der Waals surface area (Å²) in [7, 11) is 0. The average molecular weight is 339 g/mol. The molecule has 4 rings (SSSR count). The highest BCUT2D eigenvalue weighted by atomic mass is 16.7. The molecule has 2 aromatic carbocycles. The number of benzene rings is 2. The van der Waals surface area contributed by atoms with E-state index in [1.54, 1.807) is 4.90 Å². The summed E-state index contributed by atoms with van der Waals surface area (Å²) in [5.41, 5.74) is 4.01.